The molecule has 0 spiro atoms. The van der Waals surface area contributed by atoms with Crippen LogP contribution >= 0.6 is 27.3 Å². The average molecular weight is 448 g/mol. The van der Waals surface area contributed by atoms with E-state index >= 15 is 0 Å². The van der Waals surface area contributed by atoms with Crippen molar-refractivity contribution in [2.45, 2.75) is 19.3 Å². The lowest BCUT2D eigenvalue weighted by molar-refractivity contribution is 0.183. The van der Waals surface area contributed by atoms with Crippen molar-refractivity contribution in [1.29, 1.82) is 0 Å². The number of hydrogen-bond donors (Lipinski definition) is 1. The smallest absolute Gasteiger partial charge is 0.160 e. The molecule has 0 aliphatic carbocycles. The largest absolute Gasteiger partial charge is 0.508 e. The highest BCUT2D eigenvalue weighted by atomic mass is 79.9. The molecule has 1 fully saturated rings. The second kappa shape index (κ2) is 8.50. The van der Waals surface area contributed by atoms with Crippen molar-refractivity contribution in [2.75, 3.05) is 26.2 Å². The number of fused-ring (bicyclic) bond motifs is 1. The zero-order valence-electron chi connectivity index (χ0n) is 15.0. The molecule has 1 aromatic heterocycles. The third kappa shape index (κ3) is 4.57. The number of aromatic hydroxyl groups is 1. The third-order valence-electron chi connectivity index (χ3n) is 4.76. The van der Waals surface area contributed by atoms with Gasteiger partial charge < -0.3 is 14.6 Å². The Bertz CT molecular complexity index is 904. The molecule has 0 amide bonds. The summed E-state index contributed by atoms with van der Waals surface area (Å²) in [4.78, 5) is 2.47. The van der Waals surface area contributed by atoms with Gasteiger partial charge in [0, 0.05) is 16.6 Å². The fourth-order valence-corrected chi connectivity index (χ4v) is 5.03. The Morgan fingerprint density at radius 1 is 1.00 bits per heavy atom. The minimum atomic E-state index is 0.258. The van der Waals surface area contributed by atoms with Crippen LogP contribution in [-0.2, 0) is 0 Å². The zero-order valence-corrected chi connectivity index (χ0v) is 17.4. The zero-order chi connectivity index (χ0) is 18.6. The van der Waals surface area contributed by atoms with Crippen molar-refractivity contribution < 1.29 is 14.6 Å². The standard InChI is InChI=1S/C21H22BrNO3S/c22-21-20(18-9-4-15(24)14-19(18)27-21)26-17-7-5-16(6-8-17)25-13-12-23-10-2-1-3-11-23/h4-9,14,24H,1-3,10-13H2. The Balaban J connectivity index is 1.37. The van der Waals surface area contributed by atoms with Crippen LogP contribution in [0, 0.1) is 0 Å². The second-order valence-corrected chi connectivity index (χ2v) is 9.08. The number of benzene rings is 2. The molecule has 0 atom stereocenters. The summed E-state index contributed by atoms with van der Waals surface area (Å²) in [6, 6.07) is 13.0. The maximum atomic E-state index is 9.64. The molecular weight excluding hydrogens is 426 g/mol. The van der Waals surface area contributed by atoms with Gasteiger partial charge >= 0.3 is 0 Å². The van der Waals surface area contributed by atoms with Crippen molar-refractivity contribution in [2.24, 2.45) is 0 Å². The summed E-state index contributed by atoms with van der Waals surface area (Å²) in [7, 11) is 0. The quantitative estimate of drug-likeness (QED) is 0.500. The van der Waals surface area contributed by atoms with Crippen molar-refractivity contribution in [3.8, 4) is 23.0 Å². The van der Waals surface area contributed by atoms with Gasteiger partial charge in [0.05, 0.1) is 0 Å². The van der Waals surface area contributed by atoms with Crippen LogP contribution in [0.4, 0.5) is 0 Å². The maximum Gasteiger partial charge on any atom is 0.160 e. The molecule has 6 heteroatoms. The number of halogens is 1. The van der Waals surface area contributed by atoms with E-state index in [-0.39, 0.29) is 5.75 Å². The van der Waals surface area contributed by atoms with Crippen LogP contribution in [0.1, 0.15) is 19.3 Å². The van der Waals surface area contributed by atoms with E-state index in [1.807, 2.05) is 30.3 Å². The van der Waals surface area contributed by atoms with Crippen LogP contribution in [0.25, 0.3) is 10.1 Å². The lowest BCUT2D eigenvalue weighted by atomic mass is 10.1. The van der Waals surface area contributed by atoms with Gasteiger partial charge in [0.1, 0.15) is 27.6 Å². The molecule has 3 aromatic rings. The van der Waals surface area contributed by atoms with Crippen LogP contribution in [0.5, 0.6) is 23.0 Å². The van der Waals surface area contributed by atoms with E-state index in [4.69, 9.17) is 9.47 Å². The average Bonchev–Trinajstić information content (AvgIpc) is 2.98. The number of rotatable bonds is 6. The minimum absolute atomic E-state index is 0.258. The number of phenolic OH excluding ortho intramolecular Hbond substituents is 1. The highest BCUT2D eigenvalue weighted by Crippen LogP contribution is 2.44. The first-order chi connectivity index (χ1) is 13.2. The SMILES string of the molecule is Oc1ccc2c(Oc3ccc(OCCN4CCCCC4)cc3)c(Br)sc2c1. The minimum Gasteiger partial charge on any atom is -0.508 e. The Labute approximate surface area is 171 Å². The first-order valence-electron chi connectivity index (χ1n) is 9.23. The Hall–Kier alpha value is -1.76. The topological polar surface area (TPSA) is 41.9 Å². The molecule has 142 valence electrons. The first-order valence-corrected chi connectivity index (χ1v) is 10.8. The van der Waals surface area contributed by atoms with Crippen LogP contribution < -0.4 is 9.47 Å². The third-order valence-corrected chi connectivity index (χ3v) is 6.52. The lowest BCUT2D eigenvalue weighted by Gasteiger charge is -2.26. The van der Waals surface area contributed by atoms with Gasteiger partial charge in [0.25, 0.3) is 0 Å². The molecule has 0 saturated carbocycles. The summed E-state index contributed by atoms with van der Waals surface area (Å²) in [5, 5.41) is 10.6. The van der Waals surface area contributed by atoms with Gasteiger partial charge in [-0.1, -0.05) is 6.42 Å². The molecule has 2 aromatic carbocycles. The van der Waals surface area contributed by atoms with Gasteiger partial charge in [-0.25, -0.2) is 0 Å². The summed E-state index contributed by atoms with van der Waals surface area (Å²) >= 11 is 5.10. The molecular formula is C21H22BrNO3S. The molecule has 27 heavy (non-hydrogen) atoms. The Kier molecular flexibility index (Phi) is 5.86. The summed E-state index contributed by atoms with van der Waals surface area (Å²) < 4.78 is 13.8. The molecule has 0 bridgehead atoms. The van der Waals surface area contributed by atoms with Crippen molar-refractivity contribution in [3.63, 3.8) is 0 Å². The number of hydrogen-bond acceptors (Lipinski definition) is 5. The van der Waals surface area contributed by atoms with Crippen molar-refractivity contribution >= 4 is 37.4 Å². The fraction of sp³-hybridized carbons (Fsp3) is 0.333. The summed E-state index contributed by atoms with van der Waals surface area (Å²) in [5.74, 6) is 2.65. The number of phenols is 1. The monoisotopic (exact) mass is 447 g/mol. The van der Waals surface area contributed by atoms with Gasteiger partial charge in [0.15, 0.2) is 5.75 Å². The van der Waals surface area contributed by atoms with Gasteiger partial charge in [-0.3, -0.25) is 4.90 Å². The molecule has 1 saturated heterocycles. The summed E-state index contributed by atoms with van der Waals surface area (Å²) in [6.07, 6.45) is 3.96. The lowest BCUT2D eigenvalue weighted by Crippen LogP contribution is -2.33. The molecule has 0 radical (unpaired) electrons. The summed E-state index contributed by atoms with van der Waals surface area (Å²) in [6.45, 7) is 4.08. The van der Waals surface area contributed by atoms with E-state index in [0.717, 1.165) is 37.7 Å². The van der Waals surface area contributed by atoms with Gasteiger partial charge in [-0.15, -0.1) is 11.3 Å². The Morgan fingerprint density at radius 3 is 2.52 bits per heavy atom. The van der Waals surface area contributed by atoms with E-state index in [9.17, 15) is 5.11 Å². The molecule has 0 unspecified atom stereocenters. The van der Waals surface area contributed by atoms with E-state index in [0.29, 0.717) is 6.61 Å². The van der Waals surface area contributed by atoms with E-state index in [1.165, 1.54) is 32.4 Å². The van der Waals surface area contributed by atoms with Crippen molar-refractivity contribution in [1.82, 2.24) is 4.90 Å². The number of thiophene rings is 1. The predicted octanol–water partition coefficient (Wildman–Crippen LogP) is 6.03. The second-order valence-electron chi connectivity index (χ2n) is 6.71. The number of likely N-dealkylation sites (tertiary alicyclic amines) is 1. The maximum absolute atomic E-state index is 9.64. The molecule has 1 aliphatic rings. The van der Waals surface area contributed by atoms with E-state index in [1.54, 1.807) is 23.5 Å². The molecule has 2 heterocycles. The van der Waals surface area contributed by atoms with Gasteiger partial charge in [0.2, 0.25) is 0 Å². The molecule has 4 rings (SSSR count). The predicted molar refractivity (Wildman–Crippen MR) is 113 cm³/mol. The normalized spacial score (nSPS) is 15.1. The number of nitrogens with zero attached hydrogens (tertiary/aromatic N) is 1. The Morgan fingerprint density at radius 2 is 1.74 bits per heavy atom. The van der Waals surface area contributed by atoms with Crippen LogP contribution in [0.3, 0.4) is 0 Å². The highest BCUT2D eigenvalue weighted by Gasteiger charge is 2.13. The summed E-state index contributed by atoms with van der Waals surface area (Å²) in [5.41, 5.74) is 0. The number of piperidine rings is 1. The first kappa shape index (κ1) is 18.6. The van der Waals surface area contributed by atoms with E-state index in [2.05, 4.69) is 20.8 Å². The van der Waals surface area contributed by atoms with E-state index < -0.39 is 0 Å². The number of ether oxygens (including phenoxy) is 2. The molecule has 4 nitrogen and oxygen atoms in total. The van der Waals surface area contributed by atoms with Crippen LogP contribution in [0.15, 0.2) is 46.3 Å². The van der Waals surface area contributed by atoms with Crippen molar-refractivity contribution in [3.05, 3.63) is 46.3 Å². The fourth-order valence-electron chi connectivity index (χ4n) is 3.32. The van der Waals surface area contributed by atoms with Crippen LogP contribution in [0.2, 0.25) is 0 Å². The van der Waals surface area contributed by atoms with Crippen LogP contribution in [-0.4, -0.2) is 36.2 Å². The van der Waals surface area contributed by atoms with Gasteiger partial charge in [-0.2, -0.15) is 0 Å². The van der Waals surface area contributed by atoms with Gasteiger partial charge in [-0.05, 0) is 84.3 Å². The molecule has 1 aliphatic heterocycles. The molecule has 1 N–H and O–H groups in total. The highest BCUT2D eigenvalue weighted by molar-refractivity contribution is 9.11.